The zero-order valence-electron chi connectivity index (χ0n) is 16.0. The van der Waals surface area contributed by atoms with E-state index in [2.05, 4.69) is 55.4 Å². The Bertz CT molecular complexity index is 316. The van der Waals surface area contributed by atoms with Gasteiger partial charge < -0.3 is 9.38 Å². The highest BCUT2D eigenvalue weighted by atomic mass is 16.2. The second-order valence-electron chi connectivity index (χ2n) is 8.36. The molecule has 0 saturated carbocycles. The van der Waals surface area contributed by atoms with Gasteiger partial charge in [-0.15, -0.1) is 0 Å². The number of rotatable bonds is 8. The van der Waals surface area contributed by atoms with Crippen molar-refractivity contribution in [3.8, 4) is 0 Å². The third-order valence-electron chi connectivity index (χ3n) is 4.82. The van der Waals surface area contributed by atoms with Gasteiger partial charge in [-0.1, -0.05) is 34.6 Å². The Morgan fingerprint density at radius 2 is 1.38 bits per heavy atom. The highest BCUT2D eigenvalue weighted by Gasteiger charge is 2.35. The number of amides is 1. The average molecular weight is 300 g/mol. The molecule has 0 aromatic rings. The Balaban J connectivity index is 4.72. The summed E-state index contributed by atoms with van der Waals surface area (Å²) in [5, 5.41) is 0. The maximum atomic E-state index is 12.7. The molecule has 0 heterocycles. The van der Waals surface area contributed by atoms with E-state index in [1.165, 1.54) is 0 Å². The van der Waals surface area contributed by atoms with Crippen LogP contribution in [-0.4, -0.2) is 55.1 Å². The van der Waals surface area contributed by atoms with Crippen LogP contribution < -0.4 is 0 Å². The normalized spacial score (nSPS) is 13.4. The number of quaternary nitrogens is 1. The van der Waals surface area contributed by atoms with Gasteiger partial charge in [0.05, 0.1) is 32.7 Å². The van der Waals surface area contributed by atoms with Gasteiger partial charge in [0.25, 0.3) is 0 Å². The summed E-state index contributed by atoms with van der Waals surface area (Å²) >= 11 is 0. The third kappa shape index (κ3) is 6.37. The predicted molar refractivity (Wildman–Crippen MR) is 92.2 cm³/mol. The van der Waals surface area contributed by atoms with Gasteiger partial charge in [-0.3, -0.25) is 4.79 Å². The van der Waals surface area contributed by atoms with Crippen molar-refractivity contribution in [2.75, 3.05) is 39.8 Å². The molecule has 0 saturated heterocycles. The molecule has 0 aromatic carbocycles. The molecule has 3 heteroatoms. The van der Waals surface area contributed by atoms with Crippen molar-refractivity contribution in [2.24, 2.45) is 10.8 Å². The van der Waals surface area contributed by atoms with E-state index in [4.69, 9.17) is 0 Å². The maximum absolute atomic E-state index is 12.7. The van der Waals surface area contributed by atoms with E-state index in [9.17, 15) is 4.79 Å². The highest BCUT2D eigenvalue weighted by Crippen LogP contribution is 2.34. The molecule has 0 aliphatic carbocycles. The van der Waals surface area contributed by atoms with Gasteiger partial charge in [0.2, 0.25) is 5.91 Å². The Morgan fingerprint density at radius 3 is 1.71 bits per heavy atom. The summed E-state index contributed by atoms with van der Waals surface area (Å²) in [4.78, 5) is 14.7. The molecular weight excluding hydrogens is 260 g/mol. The Labute approximate surface area is 133 Å². The summed E-state index contributed by atoms with van der Waals surface area (Å²) in [5.41, 5.74) is -0.108. The summed E-state index contributed by atoms with van der Waals surface area (Å²) in [7, 11) is 1.96. The van der Waals surface area contributed by atoms with Crippen LogP contribution in [0.5, 0.6) is 0 Å². The number of likely N-dealkylation sites (N-methyl/N-ethyl adjacent to an activating group) is 2. The first-order chi connectivity index (χ1) is 9.43. The minimum Gasteiger partial charge on any atom is -0.340 e. The van der Waals surface area contributed by atoms with Crippen LogP contribution in [-0.2, 0) is 4.79 Å². The topological polar surface area (TPSA) is 20.3 Å². The number of carbonyl (C=O) groups is 1. The fraction of sp³-hybridized carbons (Fsp3) is 0.944. The summed E-state index contributed by atoms with van der Waals surface area (Å²) in [6, 6.07) is 0. The largest absolute Gasteiger partial charge is 0.340 e. The van der Waals surface area contributed by atoms with Crippen LogP contribution in [0.2, 0.25) is 0 Å². The molecule has 3 nitrogen and oxygen atoms in total. The maximum Gasteiger partial charge on any atom is 0.228 e. The molecule has 0 fully saturated rings. The fourth-order valence-electron chi connectivity index (χ4n) is 3.53. The molecule has 1 amide bonds. The van der Waals surface area contributed by atoms with Gasteiger partial charge in [0, 0.05) is 12.5 Å². The molecule has 0 N–H and O–H groups in total. The van der Waals surface area contributed by atoms with Crippen molar-refractivity contribution in [3.05, 3.63) is 0 Å². The van der Waals surface area contributed by atoms with E-state index in [0.29, 0.717) is 0 Å². The molecule has 0 rings (SSSR count). The van der Waals surface area contributed by atoms with Crippen molar-refractivity contribution in [3.63, 3.8) is 0 Å². The fourth-order valence-corrected chi connectivity index (χ4v) is 3.53. The number of hydrogen-bond donors (Lipinski definition) is 0. The minimum atomic E-state index is -0.284. The lowest BCUT2D eigenvalue weighted by molar-refractivity contribution is -0.922. The average Bonchev–Trinajstić information content (AvgIpc) is 2.37. The van der Waals surface area contributed by atoms with Crippen molar-refractivity contribution in [1.29, 1.82) is 0 Å². The molecule has 0 bridgehead atoms. The first kappa shape index (κ1) is 20.4. The quantitative estimate of drug-likeness (QED) is 0.625. The van der Waals surface area contributed by atoms with Gasteiger partial charge >= 0.3 is 0 Å². The monoisotopic (exact) mass is 299 g/mol. The molecule has 0 aliphatic rings. The lowest BCUT2D eigenvalue weighted by Gasteiger charge is -2.39. The van der Waals surface area contributed by atoms with Crippen LogP contribution in [0.15, 0.2) is 0 Å². The molecule has 21 heavy (non-hydrogen) atoms. The lowest BCUT2D eigenvalue weighted by Crippen LogP contribution is -2.52. The van der Waals surface area contributed by atoms with Gasteiger partial charge in [-0.25, -0.2) is 0 Å². The van der Waals surface area contributed by atoms with E-state index in [-0.39, 0.29) is 16.7 Å². The third-order valence-corrected chi connectivity index (χ3v) is 4.82. The highest BCUT2D eigenvalue weighted by molar-refractivity contribution is 5.81. The second-order valence-corrected chi connectivity index (χ2v) is 8.36. The summed E-state index contributed by atoms with van der Waals surface area (Å²) in [6.45, 7) is 22.8. The first-order valence-electron chi connectivity index (χ1n) is 8.53. The smallest absolute Gasteiger partial charge is 0.228 e. The SMILES string of the molecule is CC[N+](CC)(CC)CCN(C)C(=O)C(C)(C)CC(C)(C)C. The summed E-state index contributed by atoms with van der Waals surface area (Å²) in [6.07, 6.45) is 0.915. The summed E-state index contributed by atoms with van der Waals surface area (Å²) in [5.74, 6) is 0.277. The molecule has 0 atom stereocenters. The minimum absolute atomic E-state index is 0.177. The molecule has 0 unspecified atom stereocenters. The Morgan fingerprint density at radius 1 is 0.952 bits per heavy atom. The zero-order valence-corrected chi connectivity index (χ0v) is 16.0. The van der Waals surface area contributed by atoms with Crippen molar-refractivity contribution < 1.29 is 9.28 Å². The van der Waals surface area contributed by atoms with Crippen LogP contribution in [0.4, 0.5) is 0 Å². The van der Waals surface area contributed by atoms with Crippen LogP contribution >= 0.6 is 0 Å². The second kappa shape index (κ2) is 7.62. The van der Waals surface area contributed by atoms with Crippen molar-refractivity contribution >= 4 is 5.91 Å². The van der Waals surface area contributed by atoms with E-state index in [1.54, 1.807) is 0 Å². The standard InChI is InChI=1S/C18H39N2O/c1-10-20(11-2,12-3)14-13-19(9)16(21)18(7,8)15-17(4,5)6/h10-15H2,1-9H3/q+1. The van der Waals surface area contributed by atoms with Gasteiger partial charge in [0.1, 0.15) is 0 Å². The van der Waals surface area contributed by atoms with E-state index < -0.39 is 0 Å². The Kier molecular flexibility index (Phi) is 7.41. The van der Waals surface area contributed by atoms with Crippen molar-refractivity contribution in [1.82, 2.24) is 4.90 Å². The first-order valence-corrected chi connectivity index (χ1v) is 8.53. The number of hydrogen-bond acceptors (Lipinski definition) is 1. The van der Waals surface area contributed by atoms with Crippen LogP contribution in [0.3, 0.4) is 0 Å². The van der Waals surface area contributed by atoms with E-state index in [0.717, 1.165) is 43.6 Å². The molecule has 0 aliphatic heterocycles. The zero-order chi connectivity index (χ0) is 16.9. The van der Waals surface area contributed by atoms with Crippen LogP contribution in [0.25, 0.3) is 0 Å². The predicted octanol–water partition coefficient (Wildman–Crippen LogP) is 3.78. The molecule has 0 spiro atoms. The van der Waals surface area contributed by atoms with E-state index in [1.807, 2.05) is 11.9 Å². The number of carbonyl (C=O) groups excluding carboxylic acids is 1. The molecule has 126 valence electrons. The Hall–Kier alpha value is -0.570. The van der Waals surface area contributed by atoms with Gasteiger partial charge in [-0.2, -0.15) is 0 Å². The van der Waals surface area contributed by atoms with Gasteiger partial charge in [0.15, 0.2) is 0 Å². The summed E-state index contributed by atoms with van der Waals surface area (Å²) < 4.78 is 1.09. The van der Waals surface area contributed by atoms with E-state index >= 15 is 0 Å². The number of nitrogens with zero attached hydrogens (tertiary/aromatic N) is 2. The van der Waals surface area contributed by atoms with Crippen LogP contribution in [0, 0.1) is 10.8 Å². The van der Waals surface area contributed by atoms with Gasteiger partial charge in [-0.05, 0) is 32.6 Å². The lowest BCUT2D eigenvalue weighted by atomic mass is 9.75. The molecule has 0 aromatic heterocycles. The molecular formula is C18H39N2O+. The molecule has 0 radical (unpaired) electrons. The van der Waals surface area contributed by atoms with Crippen LogP contribution in [0.1, 0.15) is 61.8 Å². The van der Waals surface area contributed by atoms with Crippen molar-refractivity contribution in [2.45, 2.75) is 61.8 Å².